The lowest BCUT2D eigenvalue weighted by Gasteiger charge is -2.37. The first kappa shape index (κ1) is 13.5. The molecule has 100 valence electrons. The first-order chi connectivity index (χ1) is 8.85. The normalized spacial score (nSPS) is 25.9. The van der Waals surface area contributed by atoms with E-state index in [9.17, 15) is 0 Å². The molecule has 0 saturated heterocycles. The predicted octanol–water partition coefficient (Wildman–Crippen LogP) is 3.43. The van der Waals surface area contributed by atoms with Gasteiger partial charge in [0.25, 0.3) is 0 Å². The molecule has 1 aliphatic carbocycles. The van der Waals surface area contributed by atoms with Crippen LogP contribution in [-0.2, 0) is 6.42 Å². The number of aromatic nitrogens is 1. The Labute approximate surface area is 111 Å². The lowest BCUT2D eigenvalue weighted by Crippen LogP contribution is -2.40. The van der Waals surface area contributed by atoms with Crippen LogP contribution in [0.2, 0.25) is 0 Å². The van der Waals surface area contributed by atoms with Crippen molar-refractivity contribution in [2.75, 3.05) is 7.05 Å². The molecule has 2 heteroatoms. The van der Waals surface area contributed by atoms with Crippen molar-refractivity contribution in [3.05, 3.63) is 30.1 Å². The van der Waals surface area contributed by atoms with Crippen molar-refractivity contribution >= 4 is 0 Å². The lowest BCUT2D eigenvalue weighted by molar-refractivity contribution is 0.179. The number of hydrogen-bond donors (Lipinski definition) is 1. The van der Waals surface area contributed by atoms with Gasteiger partial charge in [0.15, 0.2) is 0 Å². The van der Waals surface area contributed by atoms with Gasteiger partial charge < -0.3 is 5.32 Å². The largest absolute Gasteiger partial charge is 0.316 e. The Morgan fingerprint density at radius 3 is 2.67 bits per heavy atom. The minimum Gasteiger partial charge on any atom is -0.316 e. The van der Waals surface area contributed by atoms with Gasteiger partial charge in [-0.15, -0.1) is 0 Å². The van der Waals surface area contributed by atoms with Crippen molar-refractivity contribution in [3.8, 4) is 0 Å². The molecule has 0 amide bonds. The zero-order valence-corrected chi connectivity index (χ0v) is 11.7. The zero-order valence-electron chi connectivity index (χ0n) is 11.7. The lowest BCUT2D eigenvalue weighted by atomic mass is 9.73. The summed E-state index contributed by atoms with van der Waals surface area (Å²) in [6.45, 7) is 2.35. The van der Waals surface area contributed by atoms with E-state index in [1.165, 1.54) is 37.7 Å². The number of nitrogens with one attached hydrogen (secondary N) is 1. The van der Waals surface area contributed by atoms with Gasteiger partial charge in [-0.25, -0.2) is 0 Å². The highest BCUT2D eigenvalue weighted by atomic mass is 14.9. The van der Waals surface area contributed by atoms with Crippen LogP contribution < -0.4 is 5.32 Å². The van der Waals surface area contributed by atoms with E-state index in [0.29, 0.717) is 6.04 Å². The second-order valence-corrected chi connectivity index (χ2v) is 5.57. The SMILES string of the molecule is CCC1CCCCC1C(Cc1ccncc1)NC. The summed E-state index contributed by atoms with van der Waals surface area (Å²) >= 11 is 0. The highest BCUT2D eigenvalue weighted by molar-refractivity contribution is 5.12. The second-order valence-electron chi connectivity index (χ2n) is 5.57. The number of nitrogens with zero attached hydrogens (tertiary/aromatic N) is 1. The van der Waals surface area contributed by atoms with Crippen LogP contribution in [0, 0.1) is 11.8 Å². The summed E-state index contributed by atoms with van der Waals surface area (Å²) < 4.78 is 0. The molecule has 0 spiro atoms. The summed E-state index contributed by atoms with van der Waals surface area (Å²) in [5, 5.41) is 3.56. The fourth-order valence-corrected chi connectivity index (χ4v) is 3.51. The molecule has 1 aliphatic rings. The van der Waals surface area contributed by atoms with E-state index in [4.69, 9.17) is 0 Å². The summed E-state index contributed by atoms with van der Waals surface area (Å²) in [6, 6.07) is 4.92. The van der Waals surface area contributed by atoms with Crippen molar-refractivity contribution in [2.24, 2.45) is 11.8 Å². The number of pyridine rings is 1. The molecule has 0 aromatic carbocycles. The predicted molar refractivity (Wildman–Crippen MR) is 76.5 cm³/mol. The van der Waals surface area contributed by atoms with Gasteiger partial charge in [0.2, 0.25) is 0 Å². The molecule has 0 bridgehead atoms. The average Bonchev–Trinajstić information content (AvgIpc) is 2.46. The van der Waals surface area contributed by atoms with Crippen LogP contribution in [-0.4, -0.2) is 18.1 Å². The van der Waals surface area contributed by atoms with Crippen LogP contribution in [0.4, 0.5) is 0 Å². The summed E-state index contributed by atoms with van der Waals surface area (Å²) in [7, 11) is 2.12. The van der Waals surface area contributed by atoms with E-state index < -0.39 is 0 Å². The Morgan fingerprint density at radius 2 is 2.00 bits per heavy atom. The fraction of sp³-hybridized carbons (Fsp3) is 0.688. The molecular weight excluding hydrogens is 220 g/mol. The minimum atomic E-state index is 0.623. The summed E-state index contributed by atoms with van der Waals surface area (Å²) in [6.07, 6.45) is 11.9. The van der Waals surface area contributed by atoms with E-state index in [1.54, 1.807) is 0 Å². The molecule has 1 heterocycles. The third kappa shape index (κ3) is 3.32. The van der Waals surface area contributed by atoms with Crippen molar-refractivity contribution in [3.63, 3.8) is 0 Å². The minimum absolute atomic E-state index is 0.623. The van der Waals surface area contributed by atoms with Gasteiger partial charge in [-0.2, -0.15) is 0 Å². The first-order valence-electron chi connectivity index (χ1n) is 7.41. The average molecular weight is 246 g/mol. The van der Waals surface area contributed by atoms with Gasteiger partial charge in [0.05, 0.1) is 0 Å². The van der Waals surface area contributed by atoms with E-state index in [2.05, 4.69) is 36.4 Å². The monoisotopic (exact) mass is 246 g/mol. The van der Waals surface area contributed by atoms with Crippen molar-refractivity contribution < 1.29 is 0 Å². The quantitative estimate of drug-likeness (QED) is 0.861. The van der Waals surface area contributed by atoms with Crippen LogP contribution in [0.15, 0.2) is 24.5 Å². The summed E-state index contributed by atoms with van der Waals surface area (Å²) in [5.41, 5.74) is 1.41. The topological polar surface area (TPSA) is 24.9 Å². The van der Waals surface area contributed by atoms with Crippen molar-refractivity contribution in [2.45, 2.75) is 51.5 Å². The van der Waals surface area contributed by atoms with Gasteiger partial charge in [-0.1, -0.05) is 32.6 Å². The Hall–Kier alpha value is -0.890. The van der Waals surface area contributed by atoms with Crippen LogP contribution >= 0.6 is 0 Å². The maximum atomic E-state index is 4.10. The summed E-state index contributed by atoms with van der Waals surface area (Å²) in [5.74, 6) is 1.76. The van der Waals surface area contributed by atoms with Crippen LogP contribution in [0.1, 0.15) is 44.6 Å². The Kier molecular flexibility index (Phi) is 5.18. The number of likely N-dealkylation sites (N-methyl/N-ethyl adjacent to an activating group) is 1. The highest BCUT2D eigenvalue weighted by Crippen LogP contribution is 2.35. The second kappa shape index (κ2) is 6.89. The number of hydrogen-bond acceptors (Lipinski definition) is 2. The van der Waals surface area contributed by atoms with Gasteiger partial charge >= 0.3 is 0 Å². The van der Waals surface area contributed by atoms with E-state index >= 15 is 0 Å². The van der Waals surface area contributed by atoms with Gasteiger partial charge in [-0.05, 0) is 49.4 Å². The molecule has 1 aromatic rings. The van der Waals surface area contributed by atoms with E-state index in [1.807, 2.05) is 12.4 Å². The molecule has 0 radical (unpaired) electrons. The molecular formula is C16H26N2. The highest BCUT2D eigenvalue weighted by Gasteiger charge is 2.29. The van der Waals surface area contributed by atoms with Crippen LogP contribution in [0.3, 0.4) is 0 Å². The van der Waals surface area contributed by atoms with Gasteiger partial charge in [0.1, 0.15) is 0 Å². The molecule has 1 saturated carbocycles. The molecule has 1 N–H and O–H groups in total. The molecule has 3 unspecified atom stereocenters. The summed E-state index contributed by atoms with van der Waals surface area (Å²) in [4.78, 5) is 4.10. The van der Waals surface area contributed by atoms with Crippen LogP contribution in [0.5, 0.6) is 0 Å². The maximum absolute atomic E-state index is 4.10. The molecule has 18 heavy (non-hydrogen) atoms. The Bertz CT molecular complexity index is 336. The fourth-order valence-electron chi connectivity index (χ4n) is 3.51. The van der Waals surface area contributed by atoms with Crippen molar-refractivity contribution in [1.82, 2.24) is 10.3 Å². The van der Waals surface area contributed by atoms with E-state index in [-0.39, 0.29) is 0 Å². The standard InChI is InChI=1S/C16H26N2/c1-3-14-6-4-5-7-15(14)16(17-2)12-13-8-10-18-11-9-13/h8-11,14-17H,3-7,12H2,1-2H3. The van der Waals surface area contributed by atoms with Gasteiger partial charge in [0, 0.05) is 18.4 Å². The third-order valence-corrected chi connectivity index (χ3v) is 4.58. The first-order valence-corrected chi connectivity index (χ1v) is 7.41. The third-order valence-electron chi connectivity index (χ3n) is 4.58. The molecule has 2 rings (SSSR count). The smallest absolute Gasteiger partial charge is 0.0270 e. The molecule has 2 nitrogen and oxygen atoms in total. The van der Waals surface area contributed by atoms with Gasteiger partial charge in [-0.3, -0.25) is 4.98 Å². The van der Waals surface area contributed by atoms with E-state index in [0.717, 1.165) is 18.3 Å². The maximum Gasteiger partial charge on any atom is 0.0270 e. The molecule has 1 aromatic heterocycles. The zero-order chi connectivity index (χ0) is 12.8. The number of rotatable bonds is 5. The molecule has 3 atom stereocenters. The molecule has 0 aliphatic heterocycles. The van der Waals surface area contributed by atoms with Crippen LogP contribution in [0.25, 0.3) is 0 Å². The Balaban J connectivity index is 2.03. The molecule has 1 fully saturated rings. The Morgan fingerprint density at radius 1 is 1.28 bits per heavy atom. The van der Waals surface area contributed by atoms with Crippen molar-refractivity contribution in [1.29, 1.82) is 0 Å².